The second kappa shape index (κ2) is 9.76. The van der Waals surface area contributed by atoms with Crippen LogP contribution in [0.15, 0.2) is 27.8 Å². The Morgan fingerprint density at radius 3 is 2.92 bits per heavy atom. The minimum absolute atomic E-state index is 0.146. The highest BCUT2D eigenvalue weighted by Gasteiger charge is 2.10. The number of aromatic nitrogens is 2. The summed E-state index contributed by atoms with van der Waals surface area (Å²) in [4.78, 5) is 11.2. The molecule has 0 atom stereocenters. The van der Waals surface area contributed by atoms with Gasteiger partial charge in [-0.15, -0.1) is 10.2 Å². The summed E-state index contributed by atoms with van der Waals surface area (Å²) in [5.41, 5.74) is 0. The minimum Gasteiger partial charge on any atom is -0.492 e. The molecule has 2 aromatic rings. The third-order valence-corrected chi connectivity index (χ3v) is 4.08. The smallest absolute Gasteiger partial charge is 0.316 e. The molecule has 130 valence electrons. The molecule has 0 aliphatic rings. The largest absolute Gasteiger partial charge is 0.492 e. The van der Waals surface area contributed by atoms with Crippen LogP contribution in [0, 0.1) is 0 Å². The first kappa shape index (κ1) is 18.9. The monoisotopic (exact) mass is 390 g/mol. The van der Waals surface area contributed by atoms with Crippen molar-refractivity contribution < 1.29 is 18.7 Å². The molecule has 1 aromatic heterocycles. The molecule has 24 heavy (non-hydrogen) atoms. The van der Waals surface area contributed by atoms with Crippen molar-refractivity contribution in [2.45, 2.75) is 25.0 Å². The van der Waals surface area contributed by atoms with E-state index in [1.165, 1.54) is 0 Å². The van der Waals surface area contributed by atoms with Crippen LogP contribution >= 0.6 is 35.0 Å². The van der Waals surface area contributed by atoms with Gasteiger partial charge in [-0.05, 0) is 31.5 Å². The zero-order chi connectivity index (χ0) is 17.4. The molecule has 0 fully saturated rings. The second-order valence-corrected chi connectivity index (χ2v) is 6.35. The van der Waals surface area contributed by atoms with E-state index in [4.69, 9.17) is 37.1 Å². The molecule has 0 aliphatic carbocycles. The summed E-state index contributed by atoms with van der Waals surface area (Å²) >= 11 is 13.0. The van der Waals surface area contributed by atoms with Crippen LogP contribution in [0.4, 0.5) is 0 Å². The maximum atomic E-state index is 11.2. The number of ether oxygens (including phenoxy) is 2. The van der Waals surface area contributed by atoms with Crippen LogP contribution < -0.4 is 4.74 Å². The fraction of sp³-hybridized carbons (Fsp3) is 0.400. The predicted octanol–water partition coefficient (Wildman–Crippen LogP) is 4.04. The van der Waals surface area contributed by atoms with E-state index in [9.17, 15) is 4.79 Å². The van der Waals surface area contributed by atoms with Crippen molar-refractivity contribution in [1.29, 1.82) is 0 Å². The third kappa shape index (κ3) is 6.22. The van der Waals surface area contributed by atoms with Crippen LogP contribution in [0.2, 0.25) is 10.0 Å². The van der Waals surface area contributed by atoms with E-state index < -0.39 is 0 Å². The average molecular weight is 391 g/mol. The molecule has 0 saturated carbocycles. The van der Waals surface area contributed by atoms with Gasteiger partial charge in [-0.3, -0.25) is 4.79 Å². The highest BCUT2D eigenvalue weighted by Crippen LogP contribution is 2.27. The first-order valence-corrected chi connectivity index (χ1v) is 9.01. The lowest BCUT2D eigenvalue weighted by atomic mass is 10.3. The lowest BCUT2D eigenvalue weighted by Gasteiger charge is -2.07. The van der Waals surface area contributed by atoms with E-state index in [1.807, 2.05) is 0 Å². The van der Waals surface area contributed by atoms with Gasteiger partial charge in [0.15, 0.2) is 0 Å². The molecule has 0 saturated heterocycles. The second-order valence-electron chi connectivity index (χ2n) is 4.58. The number of aryl methyl sites for hydroxylation is 1. The summed E-state index contributed by atoms with van der Waals surface area (Å²) in [7, 11) is 0. The van der Waals surface area contributed by atoms with E-state index in [-0.39, 0.29) is 11.7 Å². The highest BCUT2D eigenvalue weighted by atomic mass is 35.5. The molecule has 1 aromatic carbocycles. The van der Waals surface area contributed by atoms with E-state index >= 15 is 0 Å². The van der Waals surface area contributed by atoms with Gasteiger partial charge in [0.05, 0.1) is 18.2 Å². The third-order valence-electron chi connectivity index (χ3n) is 2.75. The standard InChI is InChI=1S/C15H16Cl2N2O4S/c1-2-21-14(20)9-24-15-19-18-13(23-15)4-3-7-22-12-6-5-10(16)8-11(12)17/h5-6,8H,2-4,7,9H2,1H3. The Hall–Kier alpha value is -1.44. The highest BCUT2D eigenvalue weighted by molar-refractivity contribution is 7.99. The fourth-order valence-electron chi connectivity index (χ4n) is 1.72. The summed E-state index contributed by atoms with van der Waals surface area (Å²) in [6.07, 6.45) is 1.25. The molecule has 9 heteroatoms. The summed E-state index contributed by atoms with van der Waals surface area (Å²) in [5, 5.41) is 9.17. The Kier molecular flexibility index (Phi) is 7.68. The molecular formula is C15H16Cl2N2O4S. The quantitative estimate of drug-likeness (QED) is 0.363. The molecule has 0 radical (unpaired) electrons. The fourth-order valence-corrected chi connectivity index (χ4v) is 2.76. The lowest BCUT2D eigenvalue weighted by molar-refractivity contribution is -0.139. The van der Waals surface area contributed by atoms with Crippen LogP contribution in [0.1, 0.15) is 19.2 Å². The number of halogens is 2. The van der Waals surface area contributed by atoms with E-state index in [0.29, 0.717) is 53.0 Å². The van der Waals surface area contributed by atoms with Crippen LogP contribution in [0.5, 0.6) is 5.75 Å². The number of carbonyl (C=O) groups excluding carboxylic acids is 1. The van der Waals surface area contributed by atoms with Crippen LogP contribution in [0.25, 0.3) is 0 Å². The van der Waals surface area contributed by atoms with Gasteiger partial charge in [0, 0.05) is 11.4 Å². The normalized spacial score (nSPS) is 10.6. The van der Waals surface area contributed by atoms with Gasteiger partial charge in [0.25, 0.3) is 5.22 Å². The molecule has 1 heterocycles. The molecule has 6 nitrogen and oxygen atoms in total. The number of benzene rings is 1. The van der Waals surface area contributed by atoms with Crippen molar-refractivity contribution in [3.8, 4) is 5.75 Å². The number of esters is 1. The Balaban J connectivity index is 1.70. The Morgan fingerprint density at radius 2 is 2.17 bits per heavy atom. The molecular weight excluding hydrogens is 375 g/mol. The molecule has 0 aliphatic heterocycles. The summed E-state index contributed by atoms with van der Waals surface area (Å²) in [5.74, 6) is 0.910. The van der Waals surface area contributed by atoms with Gasteiger partial charge in [0.1, 0.15) is 11.5 Å². The van der Waals surface area contributed by atoms with Gasteiger partial charge in [-0.2, -0.15) is 0 Å². The number of nitrogens with zero attached hydrogens (tertiary/aromatic N) is 2. The van der Waals surface area contributed by atoms with E-state index in [0.717, 1.165) is 11.8 Å². The zero-order valence-electron chi connectivity index (χ0n) is 13.0. The predicted molar refractivity (Wildman–Crippen MR) is 91.9 cm³/mol. The number of hydrogen-bond acceptors (Lipinski definition) is 7. The SMILES string of the molecule is CCOC(=O)CSc1nnc(CCCOc2ccc(Cl)cc2Cl)o1. The average Bonchev–Trinajstić information content (AvgIpc) is 2.99. The van der Waals surface area contributed by atoms with Crippen molar-refractivity contribution in [3.63, 3.8) is 0 Å². The maximum absolute atomic E-state index is 11.2. The van der Waals surface area contributed by atoms with Crippen molar-refractivity contribution in [2.24, 2.45) is 0 Å². The summed E-state index contributed by atoms with van der Waals surface area (Å²) in [6.45, 7) is 2.56. The minimum atomic E-state index is -0.310. The van der Waals surface area contributed by atoms with Crippen molar-refractivity contribution in [2.75, 3.05) is 19.0 Å². The van der Waals surface area contributed by atoms with Crippen molar-refractivity contribution in [3.05, 3.63) is 34.1 Å². The Morgan fingerprint density at radius 1 is 1.33 bits per heavy atom. The number of rotatable bonds is 9. The lowest BCUT2D eigenvalue weighted by Crippen LogP contribution is -2.06. The van der Waals surface area contributed by atoms with Crippen LogP contribution in [0.3, 0.4) is 0 Å². The molecule has 0 amide bonds. The molecule has 0 unspecified atom stereocenters. The number of thioether (sulfide) groups is 1. The van der Waals surface area contributed by atoms with Gasteiger partial charge in [-0.25, -0.2) is 0 Å². The Bertz CT molecular complexity index is 681. The van der Waals surface area contributed by atoms with Gasteiger partial charge >= 0.3 is 5.97 Å². The molecule has 0 bridgehead atoms. The van der Waals surface area contributed by atoms with Gasteiger partial charge in [0.2, 0.25) is 5.89 Å². The molecule has 2 rings (SSSR count). The van der Waals surface area contributed by atoms with Crippen LogP contribution in [-0.4, -0.2) is 35.1 Å². The van der Waals surface area contributed by atoms with Gasteiger partial charge in [-0.1, -0.05) is 35.0 Å². The van der Waals surface area contributed by atoms with E-state index in [2.05, 4.69) is 10.2 Å². The topological polar surface area (TPSA) is 74.5 Å². The first-order chi connectivity index (χ1) is 11.6. The van der Waals surface area contributed by atoms with Gasteiger partial charge < -0.3 is 13.9 Å². The Labute approximate surface area is 153 Å². The molecule has 0 N–H and O–H groups in total. The maximum Gasteiger partial charge on any atom is 0.316 e. The zero-order valence-corrected chi connectivity index (χ0v) is 15.3. The van der Waals surface area contributed by atoms with Crippen LogP contribution in [-0.2, 0) is 16.0 Å². The number of carbonyl (C=O) groups is 1. The van der Waals surface area contributed by atoms with Crippen molar-refractivity contribution >= 4 is 40.9 Å². The molecule has 0 spiro atoms. The van der Waals surface area contributed by atoms with Crippen molar-refractivity contribution in [1.82, 2.24) is 10.2 Å². The van der Waals surface area contributed by atoms with E-state index in [1.54, 1.807) is 25.1 Å². The summed E-state index contributed by atoms with van der Waals surface area (Å²) in [6, 6.07) is 5.07. The number of hydrogen-bond donors (Lipinski definition) is 0. The first-order valence-electron chi connectivity index (χ1n) is 7.27. The summed E-state index contributed by atoms with van der Waals surface area (Å²) < 4.78 is 15.8.